The van der Waals surface area contributed by atoms with Crippen molar-refractivity contribution in [1.29, 1.82) is 0 Å². The van der Waals surface area contributed by atoms with E-state index in [0.717, 1.165) is 29.1 Å². The van der Waals surface area contributed by atoms with Crippen molar-refractivity contribution < 1.29 is 14.3 Å². The van der Waals surface area contributed by atoms with Gasteiger partial charge in [-0.05, 0) is 43.9 Å². The molecule has 1 atom stereocenters. The number of primary amides is 1. The first-order valence-corrected chi connectivity index (χ1v) is 9.44. The number of nitrogens with two attached hydrogens (primary N) is 1. The van der Waals surface area contributed by atoms with Crippen LogP contribution in [0.1, 0.15) is 59.3 Å². The molecule has 1 aromatic carbocycles. The zero-order chi connectivity index (χ0) is 20.6. The summed E-state index contributed by atoms with van der Waals surface area (Å²) in [4.78, 5) is 24.5. The van der Waals surface area contributed by atoms with Crippen LogP contribution in [0.4, 0.5) is 5.69 Å². The van der Waals surface area contributed by atoms with Crippen LogP contribution in [-0.4, -0.2) is 41.2 Å². The molecule has 1 aliphatic rings. The molecule has 0 bridgehead atoms. The standard InChI is InChI=1S/C21H28N4O3/c1-12(11-28-5)23-16-8-14(6-7-15(16)20(22)27)25-17-9-21(3,4)10-18(26)19(17)13(2)24-25/h6-8,12,23H,9-11H2,1-5H3,(H2,22,27). The van der Waals surface area contributed by atoms with Gasteiger partial charge in [0, 0.05) is 25.3 Å². The molecule has 7 heteroatoms. The maximum absolute atomic E-state index is 12.7. The number of carbonyl (C=O) groups is 2. The Balaban J connectivity index is 2.09. The van der Waals surface area contributed by atoms with E-state index in [1.165, 1.54) is 0 Å². The summed E-state index contributed by atoms with van der Waals surface area (Å²) in [5.74, 6) is -0.371. The lowest BCUT2D eigenvalue weighted by atomic mass is 9.75. The molecule has 7 nitrogen and oxygen atoms in total. The monoisotopic (exact) mass is 384 g/mol. The number of aryl methyl sites for hydroxylation is 1. The molecule has 1 unspecified atom stereocenters. The van der Waals surface area contributed by atoms with E-state index in [2.05, 4.69) is 24.3 Å². The van der Waals surface area contributed by atoms with E-state index in [1.54, 1.807) is 13.2 Å². The average molecular weight is 384 g/mol. The van der Waals surface area contributed by atoms with Crippen molar-refractivity contribution in [2.75, 3.05) is 19.0 Å². The summed E-state index contributed by atoms with van der Waals surface area (Å²) >= 11 is 0. The molecular weight excluding hydrogens is 356 g/mol. The first kappa shape index (κ1) is 20.1. The lowest BCUT2D eigenvalue weighted by Crippen LogP contribution is -2.28. The van der Waals surface area contributed by atoms with Crippen molar-refractivity contribution in [1.82, 2.24) is 9.78 Å². The molecule has 1 amide bonds. The summed E-state index contributed by atoms with van der Waals surface area (Å²) in [6.07, 6.45) is 1.28. The van der Waals surface area contributed by atoms with Gasteiger partial charge in [-0.15, -0.1) is 0 Å². The molecule has 1 heterocycles. The molecule has 0 radical (unpaired) electrons. The molecule has 28 heavy (non-hydrogen) atoms. The van der Waals surface area contributed by atoms with Gasteiger partial charge in [0.05, 0.1) is 34.8 Å². The van der Waals surface area contributed by atoms with Crippen molar-refractivity contribution in [3.63, 3.8) is 0 Å². The SMILES string of the molecule is COCC(C)Nc1cc(-n2nc(C)c3c2CC(C)(C)CC3=O)ccc1C(N)=O. The van der Waals surface area contributed by atoms with E-state index in [4.69, 9.17) is 10.5 Å². The number of rotatable bonds is 6. The van der Waals surface area contributed by atoms with E-state index >= 15 is 0 Å². The third kappa shape index (κ3) is 3.80. The van der Waals surface area contributed by atoms with Crippen LogP contribution in [-0.2, 0) is 11.2 Å². The molecule has 3 rings (SSSR count). The first-order chi connectivity index (χ1) is 13.1. The number of carbonyl (C=O) groups excluding carboxylic acids is 2. The summed E-state index contributed by atoms with van der Waals surface area (Å²) in [7, 11) is 1.63. The van der Waals surface area contributed by atoms with Gasteiger partial charge in [0.15, 0.2) is 5.78 Å². The number of anilines is 1. The van der Waals surface area contributed by atoms with Gasteiger partial charge >= 0.3 is 0 Å². The normalized spacial score (nSPS) is 16.5. The summed E-state index contributed by atoms with van der Waals surface area (Å²) in [5.41, 5.74) is 9.61. The average Bonchev–Trinajstić information content (AvgIpc) is 2.90. The zero-order valence-corrected chi connectivity index (χ0v) is 17.1. The second-order valence-corrected chi connectivity index (χ2v) is 8.35. The Morgan fingerprint density at radius 3 is 2.75 bits per heavy atom. The minimum Gasteiger partial charge on any atom is -0.383 e. The van der Waals surface area contributed by atoms with E-state index in [-0.39, 0.29) is 17.2 Å². The van der Waals surface area contributed by atoms with Gasteiger partial charge in [0.2, 0.25) is 0 Å². The third-order valence-corrected chi connectivity index (χ3v) is 5.05. The van der Waals surface area contributed by atoms with Crippen LogP contribution in [0, 0.1) is 12.3 Å². The fourth-order valence-corrected chi connectivity index (χ4v) is 3.91. The highest BCUT2D eigenvalue weighted by molar-refractivity contribution is 6.00. The summed E-state index contributed by atoms with van der Waals surface area (Å²) in [6.45, 7) is 8.50. The molecule has 0 fully saturated rings. The molecule has 0 saturated carbocycles. The second-order valence-electron chi connectivity index (χ2n) is 8.35. The Hall–Kier alpha value is -2.67. The van der Waals surface area contributed by atoms with Crippen molar-refractivity contribution in [3.05, 3.63) is 40.7 Å². The highest BCUT2D eigenvalue weighted by Crippen LogP contribution is 2.37. The molecule has 0 spiro atoms. The molecule has 150 valence electrons. The Morgan fingerprint density at radius 2 is 2.11 bits per heavy atom. The molecule has 0 saturated heterocycles. The van der Waals surface area contributed by atoms with Crippen molar-refractivity contribution in [2.45, 2.75) is 46.6 Å². The number of hydrogen-bond donors (Lipinski definition) is 2. The Bertz CT molecular complexity index is 930. The summed E-state index contributed by atoms with van der Waals surface area (Å²) in [6, 6.07) is 5.35. The highest BCUT2D eigenvalue weighted by Gasteiger charge is 2.35. The molecule has 2 aromatic rings. The van der Waals surface area contributed by atoms with Crippen LogP contribution in [0.5, 0.6) is 0 Å². The number of methoxy groups -OCH3 is 1. The van der Waals surface area contributed by atoms with Crippen molar-refractivity contribution in [2.24, 2.45) is 11.1 Å². The lowest BCUT2D eigenvalue weighted by molar-refractivity contribution is 0.0909. The zero-order valence-electron chi connectivity index (χ0n) is 17.1. The quantitative estimate of drug-likeness (QED) is 0.798. The van der Waals surface area contributed by atoms with Gasteiger partial charge in [0.25, 0.3) is 5.91 Å². The van der Waals surface area contributed by atoms with E-state index in [0.29, 0.717) is 24.3 Å². The number of aromatic nitrogens is 2. The second kappa shape index (κ2) is 7.39. The van der Waals surface area contributed by atoms with Gasteiger partial charge in [0.1, 0.15) is 0 Å². The Kier molecular flexibility index (Phi) is 5.30. The van der Waals surface area contributed by atoms with Crippen LogP contribution in [0.25, 0.3) is 5.69 Å². The number of amides is 1. The highest BCUT2D eigenvalue weighted by atomic mass is 16.5. The van der Waals surface area contributed by atoms with Gasteiger partial charge in [-0.1, -0.05) is 13.8 Å². The van der Waals surface area contributed by atoms with Crippen LogP contribution < -0.4 is 11.1 Å². The number of ketones is 1. The molecule has 1 aliphatic carbocycles. The van der Waals surface area contributed by atoms with Gasteiger partial charge in [-0.3, -0.25) is 9.59 Å². The van der Waals surface area contributed by atoms with Crippen molar-refractivity contribution >= 4 is 17.4 Å². The molecule has 3 N–H and O–H groups in total. The molecular formula is C21H28N4O3. The van der Waals surface area contributed by atoms with Crippen molar-refractivity contribution in [3.8, 4) is 5.69 Å². The topological polar surface area (TPSA) is 99.2 Å². The van der Waals surface area contributed by atoms with Gasteiger partial charge in [-0.2, -0.15) is 5.10 Å². The molecule has 1 aromatic heterocycles. The number of Topliss-reactive ketones (excluding diaryl/α,β-unsaturated/α-hetero) is 1. The summed E-state index contributed by atoms with van der Waals surface area (Å²) < 4.78 is 6.99. The number of nitrogens with one attached hydrogen (secondary N) is 1. The summed E-state index contributed by atoms with van der Waals surface area (Å²) in [5, 5.41) is 7.92. The molecule has 0 aliphatic heterocycles. The van der Waals surface area contributed by atoms with E-state index in [1.807, 2.05) is 30.7 Å². The van der Waals surface area contributed by atoms with E-state index < -0.39 is 5.91 Å². The Labute approximate surface area is 165 Å². The minimum atomic E-state index is -0.506. The van der Waals surface area contributed by atoms with Gasteiger partial charge < -0.3 is 15.8 Å². The smallest absolute Gasteiger partial charge is 0.250 e. The fourth-order valence-electron chi connectivity index (χ4n) is 3.91. The number of benzene rings is 1. The van der Waals surface area contributed by atoms with E-state index in [9.17, 15) is 9.59 Å². The van der Waals surface area contributed by atoms with Crippen LogP contribution in [0.2, 0.25) is 0 Å². The number of nitrogens with zero attached hydrogens (tertiary/aromatic N) is 2. The van der Waals surface area contributed by atoms with Crippen LogP contribution in [0.3, 0.4) is 0 Å². The Morgan fingerprint density at radius 1 is 1.39 bits per heavy atom. The third-order valence-electron chi connectivity index (χ3n) is 5.05. The lowest BCUT2D eigenvalue weighted by Gasteiger charge is -2.29. The predicted octanol–water partition coefficient (Wildman–Crippen LogP) is 2.88. The number of ether oxygens (including phenoxy) is 1. The largest absolute Gasteiger partial charge is 0.383 e. The minimum absolute atomic E-state index is 0.00728. The predicted molar refractivity (Wildman–Crippen MR) is 108 cm³/mol. The van der Waals surface area contributed by atoms with Crippen LogP contribution in [0.15, 0.2) is 18.2 Å². The maximum atomic E-state index is 12.7. The fraction of sp³-hybridized carbons (Fsp3) is 0.476. The van der Waals surface area contributed by atoms with Crippen LogP contribution >= 0.6 is 0 Å². The number of fused-ring (bicyclic) bond motifs is 1. The van der Waals surface area contributed by atoms with Gasteiger partial charge in [-0.25, -0.2) is 4.68 Å². The number of hydrogen-bond acceptors (Lipinski definition) is 5. The first-order valence-electron chi connectivity index (χ1n) is 9.44. The maximum Gasteiger partial charge on any atom is 0.250 e.